The molecule has 2 unspecified atom stereocenters. The van der Waals surface area contributed by atoms with Crippen LogP contribution in [0.5, 0.6) is 0 Å². The summed E-state index contributed by atoms with van der Waals surface area (Å²) < 4.78 is 5.67. The molecule has 0 bridgehead atoms. The predicted octanol–water partition coefficient (Wildman–Crippen LogP) is 3.72. The van der Waals surface area contributed by atoms with Gasteiger partial charge in [0.05, 0.1) is 11.6 Å². The number of ether oxygens (including phenoxy) is 1. The Bertz CT molecular complexity index is 513. The van der Waals surface area contributed by atoms with E-state index in [1.54, 1.807) is 0 Å². The van der Waals surface area contributed by atoms with Gasteiger partial charge in [0.2, 0.25) is 0 Å². The van der Waals surface area contributed by atoms with Crippen molar-refractivity contribution < 1.29 is 4.74 Å². The van der Waals surface area contributed by atoms with Gasteiger partial charge in [-0.05, 0) is 27.2 Å². The van der Waals surface area contributed by atoms with Crippen molar-refractivity contribution in [2.75, 3.05) is 11.9 Å². The highest BCUT2D eigenvalue weighted by atomic mass is 35.5. The van der Waals surface area contributed by atoms with Crippen LogP contribution in [0.3, 0.4) is 0 Å². The third-order valence-corrected chi connectivity index (χ3v) is 4.42. The van der Waals surface area contributed by atoms with Crippen LogP contribution in [0, 0.1) is 6.92 Å². The van der Waals surface area contributed by atoms with Crippen LogP contribution in [0.25, 0.3) is 0 Å². The van der Waals surface area contributed by atoms with E-state index in [-0.39, 0.29) is 17.1 Å². The fraction of sp³-hybridized carbons (Fsp3) is 0.733. The summed E-state index contributed by atoms with van der Waals surface area (Å²) in [5.41, 5.74) is 0.643. The zero-order valence-corrected chi connectivity index (χ0v) is 13.9. The maximum Gasteiger partial charge on any atom is 0.137 e. The van der Waals surface area contributed by atoms with Crippen molar-refractivity contribution >= 4 is 17.4 Å². The molecule has 2 rings (SSSR count). The highest BCUT2D eigenvalue weighted by molar-refractivity contribution is 6.30. The summed E-state index contributed by atoms with van der Waals surface area (Å²) in [5, 5.41) is 4.04. The number of rotatable bonds is 2. The number of aromatic nitrogens is 2. The SMILES string of the molecule is Cc1c(Cl)nc(C(C)(C)C)nc1NC1(C)CCOC1C. The Morgan fingerprint density at radius 1 is 1.35 bits per heavy atom. The number of hydrogen-bond acceptors (Lipinski definition) is 4. The van der Waals surface area contributed by atoms with Gasteiger partial charge in [-0.1, -0.05) is 32.4 Å². The highest BCUT2D eigenvalue weighted by Crippen LogP contribution is 2.32. The molecule has 0 radical (unpaired) electrons. The van der Waals surface area contributed by atoms with Crippen LogP contribution in [0.1, 0.15) is 52.4 Å². The number of hydrogen-bond donors (Lipinski definition) is 1. The van der Waals surface area contributed by atoms with Gasteiger partial charge < -0.3 is 10.1 Å². The highest BCUT2D eigenvalue weighted by Gasteiger charge is 2.38. The number of anilines is 1. The van der Waals surface area contributed by atoms with Gasteiger partial charge in [0.25, 0.3) is 0 Å². The van der Waals surface area contributed by atoms with Crippen LogP contribution in [0.2, 0.25) is 5.15 Å². The predicted molar refractivity (Wildman–Crippen MR) is 82.5 cm³/mol. The molecule has 2 heterocycles. The quantitative estimate of drug-likeness (QED) is 0.845. The van der Waals surface area contributed by atoms with Crippen LogP contribution < -0.4 is 5.32 Å². The first-order valence-corrected chi connectivity index (χ1v) is 7.46. The standard InChI is InChI=1S/C15H24ClN3O/c1-9-11(16)17-13(14(3,4)5)18-12(9)19-15(6)7-8-20-10(15)2/h10H,7-8H2,1-6H3,(H,17,18,19). The molecule has 1 saturated heterocycles. The first-order chi connectivity index (χ1) is 9.13. The average molecular weight is 298 g/mol. The Balaban J connectivity index is 2.39. The minimum absolute atomic E-state index is 0.113. The van der Waals surface area contributed by atoms with Crippen molar-refractivity contribution in [3.8, 4) is 0 Å². The molecule has 1 aromatic heterocycles. The molecule has 1 aromatic rings. The van der Waals surface area contributed by atoms with Gasteiger partial charge in [-0.15, -0.1) is 0 Å². The molecule has 2 atom stereocenters. The molecule has 0 amide bonds. The van der Waals surface area contributed by atoms with E-state index >= 15 is 0 Å². The number of nitrogens with one attached hydrogen (secondary N) is 1. The molecule has 1 aliphatic heterocycles. The third-order valence-electron chi connectivity index (χ3n) is 4.05. The minimum atomic E-state index is -0.132. The summed E-state index contributed by atoms with van der Waals surface area (Å²) in [7, 11) is 0. The van der Waals surface area contributed by atoms with E-state index in [0.29, 0.717) is 5.15 Å². The molecular weight excluding hydrogens is 274 g/mol. The fourth-order valence-corrected chi connectivity index (χ4v) is 2.39. The van der Waals surface area contributed by atoms with E-state index in [9.17, 15) is 0 Å². The lowest BCUT2D eigenvalue weighted by atomic mass is 9.94. The topological polar surface area (TPSA) is 47.0 Å². The monoisotopic (exact) mass is 297 g/mol. The van der Waals surface area contributed by atoms with E-state index in [1.165, 1.54) is 0 Å². The molecule has 0 spiro atoms. The summed E-state index contributed by atoms with van der Waals surface area (Å²) in [6.07, 6.45) is 1.11. The third kappa shape index (κ3) is 2.91. The molecule has 0 aliphatic carbocycles. The smallest absolute Gasteiger partial charge is 0.137 e. The second-order valence-corrected chi connectivity index (χ2v) is 7.23. The molecule has 20 heavy (non-hydrogen) atoms. The van der Waals surface area contributed by atoms with Crippen LogP contribution >= 0.6 is 11.6 Å². The Morgan fingerprint density at radius 2 is 2.00 bits per heavy atom. The Labute approximate surface area is 126 Å². The average Bonchev–Trinajstić information content (AvgIpc) is 2.64. The van der Waals surface area contributed by atoms with Crippen molar-refractivity contribution in [1.29, 1.82) is 0 Å². The molecule has 112 valence electrons. The van der Waals surface area contributed by atoms with Crippen LogP contribution in [0.4, 0.5) is 5.82 Å². The number of nitrogens with zero attached hydrogens (tertiary/aromatic N) is 2. The Morgan fingerprint density at radius 3 is 2.50 bits per heavy atom. The van der Waals surface area contributed by atoms with Crippen molar-refractivity contribution in [1.82, 2.24) is 9.97 Å². The Hall–Kier alpha value is -0.870. The maximum absolute atomic E-state index is 6.27. The summed E-state index contributed by atoms with van der Waals surface area (Å²) in [5.74, 6) is 1.57. The summed E-state index contributed by atoms with van der Waals surface area (Å²) >= 11 is 6.27. The summed E-state index contributed by atoms with van der Waals surface area (Å²) in [4.78, 5) is 9.09. The molecule has 0 aromatic carbocycles. The number of halogens is 1. The van der Waals surface area contributed by atoms with Crippen molar-refractivity contribution in [3.05, 3.63) is 16.5 Å². The zero-order chi connectivity index (χ0) is 15.1. The van der Waals surface area contributed by atoms with Crippen LogP contribution in [0.15, 0.2) is 0 Å². The molecule has 1 aliphatic rings. The largest absolute Gasteiger partial charge is 0.376 e. The minimum Gasteiger partial charge on any atom is -0.376 e. The van der Waals surface area contributed by atoms with E-state index in [4.69, 9.17) is 16.3 Å². The molecule has 0 saturated carbocycles. The van der Waals surface area contributed by atoms with Gasteiger partial charge >= 0.3 is 0 Å². The lowest BCUT2D eigenvalue weighted by molar-refractivity contribution is 0.105. The Kier molecular flexibility index (Phi) is 4.00. The van der Waals surface area contributed by atoms with Gasteiger partial charge in [-0.25, -0.2) is 9.97 Å². The summed E-state index contributed by atoms with van der Waals surface area (Å²) in [6.45, 7) is 13.2. The molecular formula is C15H24ClN3O. The lowest BCUT2D eigenvalue weighted by Gasteiger charge is -2.31. The van der Waals surface area contributed by atoms with E-state index in [2.05, 4.69) is 49.9 Å². The van der Waals surface area contributed by atoms with E-state index < -0.39 is 0 Å². The normalized spacial score (nSPS) is 26.9. The molecule has 5 heteroatoms. The van der Waals surface area contributed by atoms with Crippen molar-refractivity contribution in [2.24, 2.45) is 0 Å². The first kappa shape index (κ1) is 15.5. The van der Waals surface area contributed by atoms with Gasteiger partial charge in [0, 0.05) is 17.6 Å². The van der Waals surface area contributed by atoms with Crippen LogP contribution in [-0.4, -0.2) is 28.2 Å². The second kappa shape index (κ2) is 5.15. The van der Waals surface area contributed by atoms with E-state index in [1.807, 2.05) is 6.92 Å². The van der Waals surface area contributed by atoms with Crippen molar-refractivity contribution in [3.63, 3.8) is 0 Å². The van der Waals surface area contributed by atoms with Gasteiger partial charge in [-0.3, -0.25) is 0 Å². The molecule has 1 N–H and O–H groups in total. The first-order valence-electron chi connectivity index (χ1n) is 7.08. The lowest BCUT2D eigenvalue weighted by Crippen LogP contribution is -2.42. The summed E-state index contributed by atoms with van der Waals surface area (Å²) in [6, 6.07) is 0. The fourth-order valence-electron chi connectivity index (χ4n) is 2.22. The van der Waals surface area contributed by atoms with Gasteiger partial charge in [0.15, 0.2) is 0 Å². The maximum atomic E-state index is 6.27. The molecule has 1 fully saturated rings. The van der Waals surface area contributed by atoms with Crippen LogP contribution in [-0.2, 0) is 10.2 Å². The van der Waals surface area contributed by atoms with E-state index in [0.717, 1.165) is 30.2 Å². The zero-order valence-electron chi connectivity index (χ0n) is 13.2. The van der Waals surface area contributed by atoms with Crippen molar-refractivity contribution in [2.45, 2.75) is 65.0 Å². The second-order valence-electron chi connectivity index (χ2n) is 6.87. The van der Waals surface area contributed by atoms with Gasteiger partial charge in [-0.2, -0.15) is 0 Å². The molecule has 4 nitrogen and oxygen atoms in total. The van der Waals surface area contributed by atoms with Gasteiger partial charge in [0.1, 0.15) is 16.8 Å².